The zero-order valence-electron chi connectivity index (χ0n) is 10.5. The van der Waals surface area contributed by atoms with E-state index in [1.165, 1.54) is 10.9 Å². The number of para-hydroxylation sites is 1. The maximum absolute atomic E-state index is 11.9. The van der Waals surface area contributed by atoms with Gasteiger partial charge in [-0.15, -0.1) is 5.10 Å². The maximum Gasteiger partial charge on any atom is 0.277 e. The second-order valence-corrected chi connectivity index (χ2v) is 4.08. The molecule has 1 aromatic carbocycles. The van der Waals surface area contributed by atoms with Gasteiger partial charge in [-0.3, -0.25) is 9.48 Å². The molecule has 0 unspecified atom stereocenters. The number of amides is 1. The molecule has 19 heavy (non-hydrogen) atoms. The number of nitrogens with one attached hydrogen (secondary N) is 1. The van der Waals surface area contributed by atoms with Crippen molar-refractivity contribution in [3.05, 3.63) is 35.7 Å². The van der Waals surface area contributed by atoms with Crippen LogP contribution in [-0.2, 0) is 6.54 Å². The van der Waals surface area contributed by atoms with Gasteiger partial charge in [0.25, 0.3) is 5.91 Å². The van der Waals surface area contributed by atoms with E-state index in [1.807, 2.05) is 0 Å². The van der Waals surface area contributed by atoms with Crippen LogP contribution < -0.4 is 11.1 Å². The Morgan fingerprint density at radius 1 is 1.53 bits per heavy atom. The number of carbonyl (C=O) groups is 1. The van der Waals surface area contributed by atoms with Crippen LogP contribution in [0.25, 0.3) is 0 Å². The Labute approximate surface area is 110 Å². The highest BCUT2D eigenvalue weighted by atomic mass is 16.3. The number of nitrogens with two attached hydrogens (primary N) is 1. The summed E-state index contributed by atoms with van der Waals surface area (Å²) in [5, 5.41) is 19.9. The third kappa shape index (κ3) is 2.89. The van der Waals surface area contributed by atoms with Gasteiger partial charge in [0.15, 0.2) is 5.69 Å². The van der Waals surface area contributed by atoms with Crippen molar-refractivity contribution in [1.29, 1.82) is 0 Å². The van der Waals surface area contributed by atoms with Crippen LogP contribution in [0.5, 0.6) is 5.75 Å². The van der Waals surface area contributed by atoms with Gasteiger partial charge < -0.3 is 16.2 Å². The average molecular weight is 261 g/mol. The minimum atomic E-state index is -0.427. The van der Waals surface area contributed by atoms with Gasteiger partial charge >= 0.3 is 0 Å². The first-order valence-corrected chi connectivity index (χ1v) is 5.82. The van der Waals surface area contributed by atoms with Gasteiger partial charge in [-0.05, 0) is 18.6 Å². The minimum absolute atomic E-state index is 0.0465. The molecule has 7 nitrogen and oxygen atoms in total. The molecule has 1 amide bonds. The van der Waals surface area contributed by atoms with Gasteiger partial charge in [0, 0.05) is 6.54 Å². The van der Waals surface area contributed by atoms with Crippen molar-refractivity contribution >= 4 is 11.6 Å². The largest absolute Gasteiger partial charge is 0.505 e. The number of hydrogen-bond donors (Lipinski definition) is 3. The number of anilines is 1. The first kappa shape index (κ1) is 13.0. The van der Waals surface area contributed by atoms with Crippen LogP contribution in [0.4, 0.5) is 5.69 Å². The van der Waals surface area contributed by atoms with E-state index < -0.39 is 5.91 Å². The SMILES string of the molecule is Cc1cccc(NC(=O)c2cn(CCN)nn2)c1O. The van der Waals surface area contributed by atoms with Crippen LogP contribution >= 0.6 is 0 Å². The van der Waals surface area contributed by atoms with Crippen LogP contribution in [0.2, 0.25) is 0 Å². The second-order valence-electron chi connectivity index (χ2n) is 4.08. The molecule has 0 aliphatic heterocycles. The highest BCUT2D eigenvalue weighted by molar-refractivity contribution is 6.03. The van der Waals surface area contributed by atoms with E-state index in [1.54, 1.807) is 25.1 Å². The Hall–Kier alpha value is -2.41. The first-order chi connectivity index (χ1) is 9.11. The summed E-state index contributed by atoms with van der Waals surface area (Å²) in [5.74, 6) is -0.380. The van der Waals surface area contributed by atoms with Gasteiger partial charge in [-0.2, -0.15) is 0 Å². The quantitative estimate of drug-likeness (QED) is 0.695. The molecule has 0 fully saturated rings. The molecular formula is C12H15N5O2. The molecule has 1 aromatic heterocycles. The van der Waals surface area contributed by atoms with Crippen molar-refractivity contribution in [2.24, 2.45) is 5.73 Å². The molecule has 0 saturated heterocycles. The van der Waals surface area contributed by atoms with Crippen LogP contribution in [0.1, 0.15) is 16.1 Å². The molecule has 100 valence electrons. The third-order valence-electron chi connectivity index (χ3n) is 2.62. The Balaban J connectivity index is 2.14. The predicted molar refractivity (Wildman–Crippen MR) is 69.9 cm³/mol. The van der Waals surface area contributed by atoms with Crippen molar-refractivity contribution in [3.8, 4) is 5.75 Å². The number of rotatable bonds is 4. The minimum Gasteiger partial charge on any atom is -0.505 e. The van der Waals surface area contributed by atoms with E-state index in [2.05, 4.69) is 15.6 Å². The van der Waals surface area contributed by atoms with Crippen molar-refractivity contribution < 1.29 is 9.90 Å². The third-order valence-corrected chi connectivity index (χ3v) is 2.62. The number of hydrogen-bond acceptors (Lipinski definition) is 5. The molecule has 4 N–H and O–H groups in total. The lowest BCUT2D eigenvalue weighted by molar-refractivity contribution is 0.102. The van der Waals surface area contributed by atoms with Gasteiger partial charge in [-0.25, -0.2) is 0 Å². The summed E-state index contributed by atoms with van der Waals surface area (Å²) in [4.78, 5) is 11.9. The number of aromatic hydroxyl groups is 1. The number of benzene rings is 1. The number of aromatic nitrogens is 3. The summed E-state index contributed by atoms with van der Waals surface area (Å²) < 4.78 is 1.49. The molecule has 0 aliphatic rings. The fraction of sp³-hybridized carbons (Fsp3) is 0.250. The number of phenols is 1. The van der Waals surface area contributed by atoms with Gasteiger partial charge in [-0.1, -0.05) is 17.3 Å². The standard InChI is InChI=1S/C12H15N5O2/c1-8-3-2-4-9(11(8)18)14-12(19)10-7-17(6-5-13)16-15-10/h2-4,7,18H,5-6,13H2,1H3,(H,14,19). The van der Waals surface area contributed by atoms with E-state index >= 15 is 0 Å². The van der Waals surface area contributed by atoms with Crippen LogP contribution in [0, 0.1) is 6.92 Å². The summed E-state index contributed by atoms with van der Waals surface area (Å²) in [6.07, 6.45) is 1.51. The fourth-order valence-corrected chi connectivity index (χ4v) is 1.59. The Bertz CT molecular complexity index is 594. The monoisotopic (exact) mass is 261 g/mol. The van der Waals surface area contributed by atoms with E-state index in [9.17, 15) is 9.90 Å². The Morgan fingerprint density at radius 3 is 3.05 bits per heavy atom. The summed E-state index contributed by atoms with van der Waals surface area (Å²) in [6, 6.07) is 5.11. The number of carbonyl (C=O) groups excluding carboxylic acids is 1. The van der Waals surface area contributed by atoms with E-state index in [0.717, 1.165) is 0 Å². The lowest BCUT2D eigenvalue weighted by Gasteiger charge is -2.07. The summed E-state index contributed by atoms with van der Waals surface area (Å²) in [7, 11) is 0. The zero-order chi connectivity index (χ0) is 13.8. The normalized spacial score (nSPS) is 10.4. The highest BCUT2D eigenvalue weighted by Crippen LogP contribution is 2.26. The smallest absolute Gasteiger partial charge is 0.277 e. The van der Waals surface area contributed by atoms with Gasteiger partial charge in [0.1, 0.15) is 5.75 Å². The predicted octanol–water partition coefficient (Wildman–Crippen LogP) is 0.503. The lowest BCUT2D eigenvalue weighted by Crippen LogP contribution is -2.13. The molecule has 7 heteroatoms. The van der Waals surface area contributed by atoms with Gasteiger partial charge in [0.2, 0.25) is 0 Å². The number of nitrogens with zero attached hydrogens (tertiary/aromatic N) is 3. The van der Waals surface area contributed by atoms with Crippen LogP contribution in [-0.4, -0.2) is 32.6 Å². The second kappa shape index (κ2) is 5.49. The van der Waals surface area contributed by atoms with Crippen molar-refractivity contribution in [3.63, 3.8) is 0 Å². The summed E-state index contributed by atoms with van der Waals surface area (Å²) in [5.41, 5.74) is 6.59. The molecule has 1 heterocycles. The number of aryl methyl sites for hydroxylation is 1. The molecule has 2 rings (SSSR count). The maximum atomic E-state index is 11.9. The van der Waals surface area contributed by atoms with Crippen molar-refractivity contribution in [2.75, 3.05) is 11.9 Å². The Morgan fingerprint density at radius 2 is 2.32 bits per heavy atom. The molecule has 0 radical (unpaired) electrons. The molecule has 0 aliphatic carbocycles. The van der Waals surface area contributed by atoms with E-state index in [4.69, 9.17) is 5.73 Å². The summed E-state index contributed by atoms with van der Waals surface area (Å²) in [6.45, 7) is 2.67. The van der Waals surface area contributed by atoms with E-state index in [-0.39, 0.29) is 11.4 Å². The fourth-order valence-electron chi connectivity index (χ4n) is 1.59. The van der Waals surface area contributed by atoms with Gasteiger partial charge in [0.05, 0.1) is 18.4 Å². The van der Waals surface area contributed by atoms with Crippen molar-refractivity contribution in [1.82, 2.24) is 15.0 Å². The highest BCUT2D eigenvalue weighted by Gasteiger charge is 2.13. The zero-order valence-corrected chi connectivity index (χ0v) is 10.5. The first-order valence-electron chi connectivity index (χ1n) is 5.82. The molecule has 0 atom stereocenters. The molecule has 0 spiro atoms. The Kier molecular flexibility index (Phi) is 3.76. The topological polar surface area (TPSA) is 106 Å². The molecule has 0 saturated carbocycles. The molecular weight excluding hydrogens is 246 g/mol. The van der Waals surface area contributed by atoms with Crippen LogP contribution in [0.15, 0.2) is 24.4 Å². The van der Waals surface area contributed by atoms with Crippen molar-refractivity contribution in [2.45, 2.75) is 13.5 Å². The summed E-state index contributed by atoms with van der Waals surface area (Å²) >= 11 is 0. The average Bonchev–Trinajstić information content (AvgIpc) is 2.84. The van der Waals surface area contributed by atoms with Crippen LogP contribution in [0.3, 0.4) is 0 Å². The molecule has 2 aromatic rings. The number of phenolic OH excluding ortho intramolecular Hbond substituents is 1. The molecule has 0 bridgehead atoms. The lowest BCUT2D eigenvalue weighted by atomic mass is 10.2. The van der Waals surface area contributed by atoms with E-state index in [0.29, 0.717) is 24.3 Å².